The second-order valence-electron chi connectivity index (χ2n) is 5.81. The molecule has 0 aromatic carbocycles. The first-order valence-corrected chi connectivity index (χ1v) is 8.32. The fourth-order valence-electron chi connectivity index (χ4n) is 1.73. The summed E-state index contributed by atoms with van der Waals surface area (Å²) in [4.78, 5) is 23.2. The molecule has 2 atom stereocenters. The lowest BCUT2D eigenvalue weighted by Crippen LogP contribution is -2.41. The minimum Gasteiger partial charge on any atom is -0.461 e. The van der Waals surface area contributed by atoms with E-state index in [1.54, 1.807) is 20.8 Å². The number of cyclic esters (lactones) is 1. The minimum absolute atomic E-state index is 0.0735. The highest BCUT2D eigenvalue weighted by Gasteiger charge is 2.36. The fraction of sp³-hybridized carbons (Fsp3) is 0.833. The summed E-state index contributed by atoms with van der Waals surface area (Å²) in [5, 5.41) is 2.43. The minimum atomic E-state index is -3.51. The lowest BCUT2D eigenvalue weighted by Gasteiger charge is -2.20. The first kappa shape index (κ1) is 17.7. The normalized spacial score (nSPS) is 22.8. The first-order chi connectivity index (χ1) is 9.46. The largest absolute Gasteiger partial charge is 0.461 e. The van der Waals surface area contributed by atoms with E-state index in [-0.39, 0.29) is 19.4 Å². The number of rotatable bonds is 5. The molecule has 1 saturated heterocycles. The van der Waals surface area contributed by atoms with E-state index in [0.717, 1.165) is 6.26 Å². The molecule has 8 nitrogen and oxygen atoms in total. The van der Waals surface area contributed by atoms with Crippen molar-refractivity contribution in [1.29, 1.82) is 0 Å². The fourth-order valence-corrected chi connectivity index (χ4v) is 2.13. The van der Waals surface area contributed by atoms with Crippen LogP contribution in [-0.2, 0) is 28.6 Å². The van der Waals surface area contributed by atoms with Gasteiger partial charge in [0, 0.05) is 12.8 Å². The van der Waals surface area contributed by atoms with Crippen LogP contribution in [0.2, 0.25) is 0 Å². The molecule has 21 heavy (non-hydrogen) atoms. The zero-order valence-corrected chi connectivity index (χ0v) is 13.4. The average molecular weight is 323 g/mol. The predicted molar refractivity (Wildman–Crippen MR) is 73.1 cm³/mol. The van der Waals surface area contributed by atoms with Crippen molar-refractivity contribution in [2.45, 2.75) is 51.4 Å². The zero-order valence-electron chi connectivity index (χ0n) is 12.5. The maximum absolute atomic E-state index is 11.6. The quantitative estimate of drug-likeness (QED) is 0.581. The van der Waals surface area contributed by atoms with Gasteiger partial charge in [0.25, 0.3) is 10.1 Å². The van der Waals surface area contributed by atoms with E-state index in [9.17, 15) is 18.0 Å². The topological polar surface area (TPSA) is 108 Å². The van der Waals surface area contributed by atoms with Crippen LogP contribution in [0.5, 0.6) is 0 Å². The number of nitrogens with one attached hydrogen (secondary N) is 1. The number of hydrogen-bond donors (Lipinski definition) is 1. The molecule has 0 spiro atoms. The van der Waals surface area contributed by atoms with Crippen molar-refractivity contribution in [3.05, 3.63) is 0 Å². The lowest BCUT2D eigenvalue weighted by molar-refractivity contribution is -0.143. The summed E-state index contributed by atoms with van der Waals surface area (Å²) in [7, 11) is -3.51. The molecular weight excluding hydrogens is 302 g/mol. The third-order valence-electron chi connectivity index (χ3n) is 2.49. The molecule has 1 amide bonds. The van der Waals surface area contributed by atoms with Crippen molar-refractivity contribution in [2.75, 3.05) is 12.9 Å². The van der Waals surface area contributed by atoms with Crippen LogP contribution in [0, 0.1) is 0 Å². The summed E-state index contributed by atoms with van der Waals surface area (Å²) < 4.78 is 36.3. The van der Waals surface area contributed by atoms with E-state index < -0.39 is 39.9 Å². The van der Waals surface area contributed by atoms with Crippen molar-refractivity contribution < 1.29 is 31.7 Å². The molecule has 1 heterocycles. The SMILES string of the molecule is CC(C)(C)OC(=O)N[C@H]1C[C@@H](CCOS(C)(=O)=O)OC1=O. The van der Waals surface area contributed by atoms with Crippen LogP contribution in [-0.4, -0.2) is 51.1 Å². The van der Waals surface area contributed by atoms with Crippen LogP contribution in [0.1, 0.15) is 33.6 Å². The Kier molecular flexibility index (Phi) is 5.57. The Morgan fingerprint density at radius 1 is 1.43 bits per heavy atom. The molecule has 0 saturated carbocycles. The number of ether oxygens (including phenoxy) is 2. The van der Waals surface area contributed by atoms with Gasteiger partial charge in [-0.15, -0.1) is 0 Å². The maximum Gasteiger partial charge on any atom is 0.408 e. The van der Waals surface area contributed by atoms with Gasteiger partial charge in [-0.25, -0.2) is 9.59 Å². The van der Waals surface area contributed by atoms with Crippen LogP contribution in [0.25, 0.3) is 0 Å². The Balaban J connectivity index is 2.39. The first-order valence-electron chi connectivity index (χ1n) is 6.51. The molecule has 9 heteroatoms. The number of carbonyl (C=O) groups excluding carboxylic acids is 2. The van der Waals surface area contributed by atoms with Crippen LogP contribution >= 0.6 is 0 Å². The van der Waals surface area contributed by atoms with Crippen LogP contribution in [0.3, 0.4) is 0 Å². The Morgan fingerprint density at radius 3 is 2.57 bits per heavy atom. The van der Waals surface area contributed by atoms with Crippen molar-refractivity contribution in [3.63, 3.8) is 0 Å². The maximum atomic E-state index is 11.6. The van der Waals surface area contributed by atoms with Gasteiger partial charge < -0.3 is 14.8 Å². The Morgan fingerprint density at radius 2 is 2.05 bits per heavy atom. The molecule has 1 N–H and O–H groups in total. The van der Waals surface area contributed by atoms with Gasteiger partial charge in [0.15, 0.2) is 0 Å². The Bertz CT molecular complexity index is 494. The highest BCUT2D eigenvalue weighted by atomic mass is 32.2. The van der Waals surface area contributed by atoms with Gasteiger partial charge >= 0.3 is 12.1 Å². The molecule has 0 radical (unpaired) electrons. The van der Waals surface area contributed by atoms with Crippen molar-refractivity contribution in [1.82, 2.24) is 5.32 Å². The monoisotopic (exact) mass is 323 g/mol. The van der Waals surface area contributed by atoms with Gasteiger partial charge in [0.2, 0.25) is 0 Å². The van der Waals surface area contributed by atoms with Crippen LogP contribution < -0.4 is 5.32 Å². The number of esters is 1. The molecule has 1 aliphatic heterocycles. The van der Waals surface area contributed by atoms with E-state index in [4.69, 9.17) is 9.47 Å². The van der Waals surface area contributed by atoms with E-state index in [1.165, 1.54) is 0 Å². The molecule has 1 fully saturated rings. The van der Waals surface area contributed by atoms with Gasteiger partial charge in [-0.1, -0.05) is 0 Å². The van der Waals surface area contributed by atoms with Gasteiger partial charge in [-0.2, -0.15) is 8.42 Å². The summed E-state index contributed by atoms with van der Waals surface area (Å²) in [5.41, 5.74) is -0.657. The summed E-state index contributed by atoms with van der Waals surface area (Å²) in [6, 6.07) is -0.789. The summed E-state index contributed by atoms with van der Waals surface area (Å²) >= 11 is 0. The number of alkyl carbamates (subject to hydrolysis) is 1. The average Bonchev–Trinajstić information content (AvgIpc) is 2.54. The molecule has 0 aromatic heterocycles. The van der Waals surface area contributed by atoms with Gasteiger partial charge in [-0.05, 0) is 20.8 Å². The van der Waals surface area contributed by atoms with E-state index >= 15 is 0 Å². The highest BCUT2D eigenvalue weighted by Crippen LogP contribution is 2.19. The van der Waals surface area contributed by atoms with Gasteiger partial charge in [0.05, 0.1) is 12.9 Å². The van der Waals surface area contributed by atoms with E-state index in [1.807, 2.05) is 0 Å². The Hall–Kier alpha value is -1.35. The molecule has 0 aliphatic carbocycles. The van der Waals surface area contributed by atoms with Crippen molar-refractivity contribution in [2.24, 2.45) is 0 Å². The van der Waals surface area contributed by atoms with Crippen LogP contribution in [0.15, 0.2) is 0 Å². The number of hydrogen-bond acceptors (Lipinski definition) is 7. The molecule has 122 valence electrons. The number of amides is 1. The van der Waals surface area contributed by atoms with Gasteiger partial charge in [-0.3, -0.25) is 4.18 Å². The molecule has 1 aliphatic rings. The molecule has 0 aromatic rings. The van der Waals surface area contributed by atoms with Crippen molar-refractivity contribution in [3.8, 4) is 0 Å². The van der Waals surface area contributed by atoms with E-state index in [2.05, 4.69) is 9.50 Å². The van der Waals surface area contributed by atoms with Crippen molar-refractivity contribution >= 4 is 22.2 Å². The molecular formula is C12H21NO7S. The molecule has 0 bridgehead atoms. The van der Waals surface area contributed by atoms with E-state index in [0.29, 0.717) is 0 Å². The molecule has 0 unspecified atom stereocenters. The van der Waals surface area contributed by atoms with Gasteiger partial charge in [0.1, 0.15) is 17.7 Å². The third kappa shape index (κ3) is 7.28. The Labute approximate surface area is 124 Å². The summed E-state index contributed by atoms with van der Waals surface area (Å²) in [6.07, 6.45) is 0.258. The number of carbonyl (C=O) groups is 2. The highest BCUT2D eigenvalue weighted by molar-refractivity contribution is 7.85. The second-order valence-corrected chi connectivity index (χ2v) is 7.45. The third-order valence-corrected chi connectivity index (χ3v) is 3.09. The second kappa shape index (κ2) is 6.61. The zero-order chi connectivity index (χ0) is 16.3. The lowest BCUT2D eigenvalue weighted by atomic mass is 10.1. The smallest absolute Gasteiger partial charge is 0.408 e. The molecule has 1 rings (SSSR count). The summed E-state index contributed by atoms with van der Waals surface area (Å²) in [5.74, 6) is -0.565. The van der Waals surface area contributed by atoms with Crippen LogP contribution in [0.4, 0.5) is 4.79 Å². The standard InChI is InChI=1S/C12H21NO7S/c1-12(2,3)20-11(15)13-9-7-8(19-10(9)14)5-6-18-21(4,16)17/h8-9H,5-7H2,1-4H3,(H,13,15)/t8-,9+/m1/s1. The summed E-state index contributed by atoms with van der Waals surface area (Å²) in [6.45, 7) is 5.07. The predicted octanol–water partition coefficient (Wildman–Crippen LogP) is 0.562.